The lowest BCUT2D eigenvalue weighted by Crippen LogP contribution is -2.28. The minimum absolute atomic E-state index is 0.136. The molecule has 0 saturated carbocycles. The zero-order chi connectivity index (χ0) is 13.9. The monoisotopic (exact) mass is 274 g/mol. The van der Waals surface area contributed by atoms with Crippen molar-refractivity contribution in [3.63, 3.8) is 0 Å². The van der Waals surface area contributed by atoms with Crippen molar-refractivity contribution in [2.45, 2.75) is 6.42 Å². The lowest BCUT2D eigenvalue weighted by Gasteiger charge is -2.12. The number of fused-ring (bicyclic) bond motifs is 1. The number of cyclic esters (lactones) is 1. The van der Waals surface area contributed by atoms with Gasteiger partial charge in [0.2, 0.25) is 5.91 Å². The quantitative estimate of drug-likeness (QED) is 0.880. The number of nitrogens with zero attached hydrogens (tertiary/aromatic N) is 2. The van der Waals surface area contributed by atoms with Crippen molar-refractivity contribution in [1.29, 1.82) is 0 Å². The number of carbonyl (C=O) groups excluding carboxylic acids is 2. The molecule has 0 spiro atoms. The fourth-order valence-electron chi connectivity index (χ4n) is 2.10. The molecular formula is C13H14N4O3. The Morgan fingerprint density at radius 3 is 3.20 bits per heavy atom. The number of nitrogens with one attached hydrogen (secondary N) is 2. The molecule has 104 valence electrons. The zero-order valence-electron chi connectivity index (χ0n) is 10.8. The summed E-state index contributed by atoms with van der Waals surface area (Å²) in [6, 6.07) is 5.52. The van der Waals surface area contributed by atoms with E-state index >= 15 is 0 Å². The summed E-state index contributed by atoms with van der Waals surface area (Å²) >= 11 is 0. The number of carbonyl (C=O) groups is 2. The Kier molecular flexibility index (Phi) is 3.24. The predicted octanol–water partition coefficient (Wildman–Crippen LogP) is 1.34. The van der Waals surface area contributed by atoms with E-state index in [9.17, 15) is 9.59 Å². The molecule has 7 heteroatoms. The third kappa shape index (κ3) is 2.56. The smallest absolute Gasteiger partial charge is 0.409 e. The second-order valence-electron chi connectivity index (χ2n) is 4.57. The Morgan fingerprint density at radius 2 is 2.40 bits per heavy atom. The summed E-state index contributed by atoms with van der Waals surface area (Å²) in [5.74, 6) is -0.136. The molecule has 2 N–H and O–H groups in total. The van der Waals surface area contributed by atoms with Crippen molar-refractivity contribution in [2.75, 3.05) is 25.0 Å². The summed E-state index contributed by atoms with van der Waals surface area (Å²) in [5, 5.41) is 10.6. The standard InChI is InChI=1S/C13H14N4O3/c18-12(3-4-17-5-6-20-13(17)19)15-10-2-1-9-8-14-16-11(9)7-10/h1-2,7-8H,3-6H2,(H,14,16)(H,15,18). The molecule has 2 aromatic rings. The second-order valence-corrected chi connectivity index (χ2v) is 4.57. The van der Waals surface area contributed by atoms with Crippen LogP contribution in [0.25, 0.3) is 10.9 Å². The van der Waals surface area contributed by atoms with Crippen molar-refractivity contribution in [1.82, 2.24) is 15.1 Å². The van der Waals surface area contributed by atoms with Crippen LogP contribution in [0.5, 0.6) is 0 Å². The highest BCUT2D eigenvalue weighted by atomic mass is 16.6. The van der Waals surface area contributed by atoms with Gasteiger partial charge in [0.05, 0.1) is 18.3 Å². The Labute approximate surface area is 114 Å². The number of hydrogen-bond acceptors (Lipinski definition) is 4. The Hall–Kier alpha value is -2.57. The third-order valence-electron chi connectivity index (χ3n) is 3.18. The van der Waals surface area contributed by atoms with E-state index in [2.05, 4.69) is 15.5 Å². The molecule has 20 heavy (non-hydrogen) atoms. The Balaban J connectivity index is 1.56. The molecule has 1 aromatic heterocycles. The lowest BCUT2D eigenvalue weighted by atomic mass is 10.2. The summed E-state index contributed by atoms with van der Waals surface area (Å²) in [6.45, 7) is 1.32. The zero-order valence-corrected chi connectivity index (χ0v) is 10.8. The van der Waals surface area contributed by atoms with Gasteiger partial charge in [0.15, 0.2) is 0 Å². The number of benzene rings is 1. The number of amides is 2. The fraction of sp³-hybridized carbons (Fsp3) is 0.308. The molecule has 1 saturated heterocycles. The van der Waals surface area contributed by atoms with Gasteiger partial charge in [0, 0.05) is 24.0 Å². The minimum atomic E-state index is -0.350. The van der Waals surface area contributed by atoms with Gasteiger partial charge in [-0.3, -0.25) is 9.89 Å². The van der Waals surface area contributed by atoms with Crippen LogP contribution in [0, 0.1) is 0 Å². The molecule has 2 amide bonds. The van der Waals surface area contributed by atoms with Gasteiger partial charge >= 0.3 is 6.09 Å². The van der Waals surface area contributed by atoms with Crippen LogP contribution in [-0.2, 0) is 9.53 Å². The van der Waals surface area contributed by atoms with Gasteiger partial charge in [-0.25, -0.2) is 4.79 Å². The molecule has 1 aliphatic heterocycles. The van der Waals surface area contributed by atoms with E-state index in [0.29, 0.717) is 25.4 Å². The number of aromatic amines is 1. The number of rotatable bonds is 4. The summed E-state index contributed by atoms with van der Waals surface area (Å²) in [4.78, 5) is 24.6. The number of H-pyrrole nitrogens is 1. The highest BCUT2D eigenvalue weighted by molar-refractivity contribution is 5.93. The highest BCUT2D eigenvalue weighted by Gasteiger charge is 2.22. The van der Waals surface area contributed by atoms with E-state index < -0.39 is 0 Å². The SMILES string of the molecule is O=C(CCN1CCOC1=O)Nc1ccc2cn[nH]c2c1. The van der Waals surface area contributed by atoms with Gasteiger partial charge in [-0.05, 0) is 18.2 Å². The molecule has 0 bridgehead atoms. The maximum Gasteiger partial charge on any atom is 0.409 e. The van der Waals surface area contributed by atoms with Gasteiger partial charge in [0.25, 0.3) is 0 Å². The largest absolute Gasteiger partial charge is 0.448 e. The normalized spacial score (nSPS) is 14.6. The molecular weight excluding hydrogens is 260 g/mol. The van der Waals surface area contributed by atoms with Crippen molar-refractivity contribution in [3.05, 3.63) is 24.4 Å². The lowest BCUT2D eigenvalue weighted by molar-refractivity contribution is -0.116. The number of anilines is 1. The van der Waals surface area contributed by atoms with Crippen LogP contribution in [0.4, 0.5) is 10.5 Å². The van der Waals surface area contributed by atoms with E-state index in [1.54, 1.807) is 6.20 Å². The van der Waals surface area contributed by atoms with E-state index in [1.165, 1.54) is 4.90 Å². The number of hydrogen-bond donors (Lipinski definition) is 2. The first kappa shape index (κ1) is 12.5. The van der Waals surface area contributed by atoms with E-state index in [-0.39, 0.29) is 18.4 Å². The van der Waals surface area contributed by atoms with Crippen LogP contribution in [0.15, 0.2) is 24.4 Å². The molecule has 0 radical (unpaired) electrons. The van der Waals surface area contributed by atoms with Crippen molar-refractivity contribution in [3.8, 4) is 0 Å². The topological polar surface area (TPSA) is 87.3 Å². The average Bonchev–Trinajstić information content (AvgIpc) is 3.04. The first-order chi connectivity index (χ1) is 9.72. The third-order valence-corrected chi connectivity index (χ3v) is 3.18. The maximum atomic E-state index is 11.8. The minimum Gasteiger partial charge on any atom is -0.448 e. The molecule has 1 aliphatic rings. The van der Waals surface area contributed by atoms with Crippen molar-refractivity contribution in [2.24, 2.45) is 0 Å². The molecule has 3 rings (SSSR count). The van der Waals surface area contributed by atoms with Gasteiger partial charge in [-0.1, -0.05) is 0 Å². The maximum absolute atomic E-state index is 11.8. The molecule has 0 atom stereocenters. The molecule has 0 unspecified atom stereocenters. The van der Waals surface area contributed by atoms with Gasteiger partial charge in [-0.2, -0.15) is 5.10 Å². The first-order valence-electron chi connectivity index (χ1n) is 6.37. The van der Waals surface area contributed by atoms with Crippen LogP contribution in [0.1, 0.15) is 6.42 Å². The molecule has 7 nitrogen and oxygen atoms in total. The van der Waals surface area contributed by atoms with Gasteiger partial charge in [-0.15, -0.1) is 0 Å². The highest BCUT2D eigenvalue weighted by Crippen LogP contribution is 2.16. The predicted molar refractivity (Wildman–Crippen MR) is 72.3 cm³/mol. The average molecular weight is 274 g/mol. The van der Waals surface area contributed by atoms with E-state index in [1.807, 2.05) is 18.2 Å². The summed E-state index contributed by atoms with van der Waals surface area (Å²) < 4.78 is 4.80. The van der Waals surface area contributed by atoms with Gasteiger partial charge < -0.3 is 15.0 Å². The van der Waals surface area contributed by atoms with Crippen molar-refractivity contribution >= 4 is 28.6 Å². The van der Waals surface area contributed by atoms with Crippen LogP contribution in [0.3, 0.4) is 0 Å². The van der Waals surface area contributed by atoms with Crippen LogP contribution >= 0.6 is 0 Å². The molecule has 0 aliphatic carbocycles. The summed E-state index contributed by atoms with van der Waals surface area (Å²) in [5.41, 5.74) is 1.57. The second kappa shape index (κ2) is 5.20. The van der Waals surface area contributed by atoms with Crippen LogP contribution in [-0.4, -0.2) is 46.8 Å². The van der Waals surface area contributed by atoms with E-state index in [4.69, 9.17) is 4.74 Å². The summed E-state index contributed by atoms with van der Waals surface area (Å²) in [6.07, 6.45) is 1.62. The molecule has 2 heterocycles. The molecule has 1 aromatic carbocycles. The van der Waals surface area contributed by atoms with Crippen LogP contribution < -0.4 is 5.32 Å². The Bertz CT molecular complexity index is 652. The van der Waals surface area contributed by atoms with E-state index in [0.717, 1.165) is 10.9 Å². The van der Waals surface area contributed by atoms with Gasteiger partial charge in [0.1, 0.15) is 6.61 Å². The number of ether oxygens (including phenoxy) is 1. The number of aromatic nitrogens is 2. The van der Waals surface area contributed by atoms with Crippen molar-refractivity contribution < 1.29 is 14.3 Å². The Morgan fingerprint density at radius 1 is 1.50 bits per heavy atom. The first-order valence-corrected chi connectivity index (χ1v) is 6.37. The summed E-state index contributed by atoms with van der Waals surface area (Å²) in [7, 11) is 0. The fourth-order valence-corrected chi connectivity index (χ4v) is 2.10. The molecule has 1 fully saturated rings. The van der Waals surface area contributed by atoms with Crippen LogP contribution in [0.2, 0.25) is 0 Å².